The molecule has 0 bridgehead atoms. The smallest absolute Gasteiger partial charge is 0.295 e. The second-order valence-corrected chi connectivity index (χ2v) is 8.47. The van der Waals surface area contributed by atoms with Crippen LogP contribution in [0.5, 0.6) is 0 Å². The number of nitrogens with one attached hydrogen (secondary N) is 1. The maximum atomic E-state index is 12.7. The maximum absolute atomic E-state index is 12.7. The number of aryl methyl sites for hydroxylation is 1. The molecule has 1 N–H and O–H groups in total. The molecule has 6 heteroatoms. The summed E-state index contributed by atoms with van der Waals surface area (Å²) in [6.45, 7) is 14.3. The second-order valence-electron chi connectivity index (χ2n) is 8.11. The van der Waals surface area contributed by atoms with Crippen molar-refractivity contribution in [2.75, 3.05) is 0 Å². The molecule has 152 valence electrons. The van der Waals surface area contributed by atoms with Gasteiger partial charge in [0.2, 0.25) is 5.69 Å². The minimum Gasteiger partial charge on any atom is -0.295 e. The monoisotopic (exact) mass is 410 g/mol. The zero-order valence-corrected chi connectivity index (χ0v) is 18.0. The molecule has 0 spiro atoms. The molecule has 29 heavy (non-hydrogen) atoms. The van der Waals surface area contributed by atoms with Gasteiger partial charge in [-0.25, -0.2) is 19.0 Å². The average Bonchev–Trinajstić information content (AvgIpc) is 2.98. The van der Waals surface area contributed by atoms with E-state index in [0.29, 0.717) is 29.4 Å². The Kier molecular flexibility index (Phi) is 6.76. The lowest BCUT2D eigenvalue weighted by Gasteiger charge is -2.12. The Bertz CT molecular complexity index is 1080. The third-order valence-corrected chi connectivity index (χ3v) is 5.63. The highest BCUT2D eigenvalue weighted by atomic mass is 35.5. The molecule has 1 aromatic carbocycles. The Hall–Kier alpha value is -2.58. The molecular formula is C23H27ClN4O. The number of nitrogens with zero attached hydrogens (tertiary/aromatic N) is 3. The van der Waals surface area contributed by atoms with Crippen molar-refractivity contribution in [3.05, 3.63) is 63.2 Å². The summed E-state index contributed by atoms with van der Waals surface area (Å²) in [6.07, 6.45) is 5.30. The predicted molar refractivity (Wildman–Crippen MR) is 119 cm³/mol. The fourth-order valence-corrected chi connectivity index (χ4v) is 3.93. The highest BCUT2D eigenvalue weighted by Gasteiger charge is 2.22. The Balaban J connectivity index is 1.92. The van der Waals surface area contributed by atoms with E-state index in [4.69, 9.17) is 23.2 Å². The number of aromatic amines is 1. The van der Waals surface area contributed by atoms with Gasteiger partial charge in [0.1, 0.15) is 16.6 Å². The van der Waals surface area contributed by atoms with Crippen LogP contribution in [0.15, 0.2) is 35.1 Å². The molecule has 0 fully saturated rings. The van der Waals surface area contributed by atoms with Crippen molar-refractivity contribution in [2.45, 2.75) is 52.9 Å². The fourth-order valence-electron chi connectivity index (χ4n) is 3.64. The first-order chi connectivity index (χ1) is 13.9. The third-order valence-electron chi connectivity index (χ3n) is 5.29. The Morgan fingerprint density at radius 3 is 2.55 bits per heavy atom. The molecule has 0 aliphatic carbocycles. The highest BCUT2D eigenvalue weighted by Crippen LogP contribution is 2.40. The summed E-state index contributed by atoms with van der Waals surface area (Å²) in [7, 11) is 0. The van der Waals surface area contributed by atoms with Gasteiger partial charge in [-0.05, 0) is 23.8 Å². The number of H-pyrrole nitrogens is 1. The van der Waals surface area contributed by atoms with Gasteiger partial charge in [0.05, 0.1) is 6.57 Å². The zero-order valence-electron chi connectivity index (χ0n) is 17.2. The van der Waals surface area contributed by atoms with Crippen molar-refractivity contribution in [1.29, 1.82) is 0 Å². The van der Waals surface area contributed by atoms with Crippen molar-refractivity contribution in [3.63, 3.8) is 0 Å². The van der Waals surface area contributed by atoms with E-state index in [0.717, 1.165) is 17.9 Å². The van der Waals surface area contributed by atoms with Crippen LogP contribution in [0.4, 0.5) is 5.69 Å². The average molecular weight is 411 g/mol. The summed E-state index contributed by atoms with van der Waals surface area (Å²) < 4.78 is 1.30. The lowest BCUT2D eigenvalue weighted by atomic mass is 9.96. The van der Waals surface area contributed by atoms with E-state index >= 15 is 0 Å². The molecule has 3 aromatic rings. The third kappa shape index (κ3) is 4.71. The van der Waals surface area contributed by atoms with E-state index in [1.165, 1.54) is 23.7 Å². The summed E-state index contributed by atoms with van der Waals surface area (Å²) in [4.78, 5) is 23.8. The van der Waals surface area contributed by atoms with E-state index in [-0.39, 0.29) is 16.5 Å². The minimum absolute atomic E-state index is 0.108. The summed E-state index contributed by atoms with van der Waals surface area (Å²) >= 11 is 6.37. The summed E-state index contributed by atoms with van der Waals surface area (Å²) in [6, 6.07) is 9.51. The van der Waals surface area contributed by atoms with Crippen molar-refractivity contribution in [2.24, 2.45) is 11.8 Å². The number of benzene rings is 1. The maximum Gasteiger partial charge on any atom is 0.332 e. The van der Waals surface area contributed by atoms with Crippen LogP contribution in [0.25, 0.3) is 21.6 Å². The second kappa shape index (κ2) is 9.28. The summed E-state index contributed by atoms with van der Waals surface area (Å²) in [5, 5.41) is 0.108. The van der Waals surface area contributed by atoms with Crippen LogP contribution in [0, 0.1) is 18.4 Å². The van der Waals surface area contributed by atoms with Crippen molar-refractivity contribution < 1.29 is 0 Å². The van der Waals surface area contributed by atoms with Gasteiger partial charge in [-0.15, -0.1) is 0 Å². The molecule has 3 rings (SSSR count). The highest BCUT2D eigenvalue weighted by molar-refractivity contribution is 6.34. The summed E-state index contributed by atoms with van der Waals surface area (Å²) in [5.74, 6) is 1.94. The number of rotatable bonds is 8. The molecule has 0 saturated heterocycles. The van der Waals surface area contributed by atoms with Gasteiger partial charge < -0.3 is 0 Å². The van der Waals surface area contributed by atoms with Crippen LogP contribution in [0.3, 0.4) is 0 Å². The molecule has 2 aromatic heterocycles. The first-order valence-corrected chi connectivity index (χ1v) is 10.6. The van der Waals surface area contributed by atoms with Crippen LogP contribution in [-0.4, -0.2) is 14.4 Å². The van der Waals surface area contributed by atoms with Crippen LogP contribution in [0.2, 0.25) is 5.15 Å². The molecule has 1 unspecified atom stereocenters. The topological polar surface area (TPSA) is 54.5 Å². The first kappa shape index (κ1) is 21.1. The normalized spacial score (nSPS) is 12.4. The first-order valence-electron chi connectivity index (χ1n) is 10.2. The lowest BCUT2D eigenvalue weighted by molar-refractivity contribution is 0.433. The minimum atomic E-state index is -0.352. The van der Waals surface area contributed by atoms with Crippen LogP contribution in [-0.2, 0) is 6.42 Å². The molecule has 5 nitrogen and oxygen atoms in total. The fraction of sp³-hybridized carbons (Fsp3) is 0.435. The number of fused-ring (bicyclic) bond motifs is 1. The molecular weight excluding hydrogens is 384 g/mol. The number of halogens is 1. The van der Waals surface area contributed by atoms with Gasteiger partial charge in [-0.2, -0.15) is 0 Å². The van der Waals surface area contributed by atoms with E-state index in [1.807, 2.05) is 30.3 Å². The van der Waals surface area contributed by atoms with Crippen LogP contribution >= 0.6 is 11.6 Å². The molecule has 0 amide bonds. The van der Waals surface area contributed by atoms with E-state index in [1.54, 1.807) is 0 Å². The SMILES string of the molecule is [C-]#[N+]c1c(-c2ccccc2)c2nc(CCC(C)CCCC(C)C)[nH]c(=O)n2c1Cl. The van der Waals surface area contributed by atoms with Gasteiger partial charge in [0, 0.05) is 12.0 Å². The van der Waals surface area contributed by atoms with Crippen LogP contribution in [0.1, 0.15) is 52.3 Å². The molecule has 1 atom stereocenters. The van der Waals surface area contributed by atoms with Crippen molar-refractivity contribution in [3.8, 4) is 11.1 Å². The van der Waals surface area contributed by atoms with E-state index in [2.05, 4.69) is 30.6 Å². The Morgan fingerprint density at radius 2 is 1.90 bits per heavy atom. The van der Waals surface area contributed by atoms with Crippen LogP contribution < -0.4 is 5.69 Å². The zero-order chi connectivity index (χ0) is 21.0. The van der Waals surface area contributed by atoms with Crippen molar-refractivity contribution >= 4 is 22.9 Å². The summed E-state index contributed by atoms with van der Waals surface area (Å²) in [5.41, 5.74) is 1.79. The van der Waals surface area contributed by atoms with Gasteiger partial charge >= 0.3 is 5.69 Å². The van der Waals surface area contributed by atoms with Gasteiger partial charge in [0.15, 0.2) is 0 Å². The van der Waals surface area contributed by atoms with Crippen molar-refractivity contribution in [1.82, 2.24) is 14.4 Å². The quantitative estimate of drug-likeness (QED) is 0.443. The number of hydrogen-bond acceptors (Lipinski definition) is 2. The lowest BCUT2D eigenvalue weighted by Crippen LogP contribution is -2.20. The van der Waals surface area contributed by atoms with E-state index < -0.39 is 0 Å². The standard InChI is InChI=1S/C23H27ClN4O/c1-15(2)9-8-10-16(3)13-14-18-26-22-19(17-11-6-5-7-12-17)20(25-4)21(24)28(22)23(29)27-18/h5-7,11-12,15-16H,8-10,13-14H2,1-3H3,(H,26,27,29). The molecule has 0 aliphatic rings. The van der Waals surface area contributed by atoms with Gasteiger partial charge in [-0.3, -0.25) is 4.98 Å². The van der Waals surface area contributed by atoms with Gasteiger partial charge in [-0.1, -0.05) is 82.0 Å². The molecule has 0 saturated carbocycles. The number of aromatic nitrogens is 3. The van der Waals surface area contributed by atoms with E-state index in [9.17, 15) is 4.79 Å². The molecule has 0 aliphatic heterocycles. The predicted octanol–water partition coefficient (Wildman–Crippen LogP) is 6.29. The van der Waals surface area contributed by atoms with Gasteiger partial charge in [0.25, 0.3) is 0 Å². The Labute approximate surface area is 176 Å². The largest absolute Gasteiger partial charge is 0.332 e. The molecule has 0 radical (unpaired) electrons. The number of hydrogen-bond donors (Lipinski definition) is 1. The Morgan fingerprint density at radius 1 is 1.17 bits per heavy atom. The molecule has 2 heterocycles.